The Labute approximate surface area is 131 Å². The van der Waals surface area contributed by atoms with Gasteiger partial charge in [0.15, 0.2) is 0 Å². The van der Waals surface area contributed by atoms with Crippen molar-refractivity contribution < 1.29 is 4.79 Å². The number of rotatable bonds is 3. The zero-order valence-corrected chi connectivity index (χ0v) is 13.9. The van der Waals surface area contributed by atoms with Crippen LogP contribution < -0.4 is 5.32 Å². The fourth-order valence-electron chi connectivity index (χ4n) is 3.04. The number of nitrogens with one attached hydrogen (secondary N) is 1. The highest BCUT2D eigenvalue weighted by Gasteiger charge is 2.32. The molecule has 5 heteroatoms. The number of aromatic nitrogens is 1. The molecule has 1 aromatic heterocycles. The van der Waals surface area contributed by atoms with Crippen LogP contribution in [0.15, 0.2) is 12.1 Å². The van der Waals surface area contributed by atoms with Gasteiger partial charge < -0.3 is 10.2 Å². The summed E-state index contributed by atoms with van der Waals surface area (Å²) in [6.07, 6.45) is 1.17. The Kier molecular flexibility index (Phi) is 5.09. The van der Waals surface area contributed by atoms with E-state index in [1.54, 1.807) is 12.1 Å². The predicted octanol–water partition coefficient (Wildman–Crippen LogP) is 3.67. The number of halogens is 1. The number of amides is 1. The Morgan fingerprint density at radius 1 is 1.43 bits per heavy atom. The molecule has 1 saturated heterocycles. The zero-order chi connectivity index (χ0) is 15.6. The number of carbonyl (C=O) groups excluding carboxylic acids is 1. The highest BCUT2D eigenvalue weighted by atomic mass is 35.5. The van der Waals surface area contributed by atoms with Crippen LogP contribution in [-0.4, -0.2) is 34.9 Å². The first-order valence-corrected chi connectivity index (χ1v) is 8.02. The number of pyridine rings is 1. The molecule has 2 heterocycles. The van der Waals surface area contributed by atoms with Crippen molar-refractivity contribution in [3.63, 3.8) is 0 Å². The van der Waals surface area contributed by atoms with Crippen molar-refractivity contribution in [2.24, 2.45) is 11.8 Å². The van der Waals surface area contributed by atoms with Crippen molar-refractivity contribution >= 4 is 23.3 Å². The number of carbonyl (C=O) groups is 1. The third-order valence-electron chi connectivity index (χ3n) is 4.26. The van der Waals surface area contributed by atoms with E-state index < -0.39 is 0 Å². The normalized spacial score (nSPS) is 25.8. The largest absolute Gasteiger partial charge is 0.370 e. The monoisotopic (exact) mass is 309 g/mol. The van der Waals surface area contributed by atoms with Crippen LogP contribution in [0.4, 0.5) is 5.82 Å². The fraction of sp³-hybridized carbons (Fsp3) is 0.625. The summed E-state index contributed by atoms with van der Waals surface area (Å²) in [7, 11) is 0. The second kappa shape index (κ2) is 6.65. The molecule has 0 aromatic carbocycles. The van der Waals surface area contributed by atoms with Gasteiger partial charge in [-0.2, -0.15) is 0 Å². The van der Waals surface area contributed by atoms with E-state index in [0.29, 0.717) is 28.4 Å². The lowest BCUT2D eigenvalue weighted by Gasteiger charge is -2.41. The maximum absolute atomic E-state index is 12.8. The van der Waals surface area contributed by atoms with E-state index in [4.69, 9.17) is 11.6 Å². The minimum absolute atomic E-state index is 0.0457. The quantitative estimate of drug-likeness (QED) is 0.866. The SMILES string of the molecule is CCNc1cc(C(=O)N2CC(C)CC(C)C2C)cc(Cl)n1. The lowest BCUT2D eigenvalue weighted by Crippen LogP contribution is -2.48. The van der Waals surface area contributed by atoms with Crippen LogP contribution >= 0.6 is 11.6 Å². The van der Waals surface area contributed by atoms with Crippen LogP contribution in [-0.2, 0) is 0 Å². The standard InChI is InChI=1S/C16H24ClN3O/c1-5-18-15-8-13(7-14(17)19-15)16(21)20-9-10(2)6-11(3)12(20)4/h7-8,10-12H,5-6,9H2,1-4H3,(H,18,19). The van der Waals surface area contributed by atoms with Gasteiger partial charge in [-0.15, -0.1) is 0 Å². The fourth-order valence-corrected chi connectivity index (χ4v) is 3.25. The van der Waals surface area contributed by atoms with Gasteiger partial charge in [-0.1, -0.05) is 25.4 Å². The number of nitrogens with zero attached hydrogens (tertiary/aromatic N) is 2. The summed E-state index contributed by atoms with van der Waals surface area (Å²) in [5.74, 6) is 1.75. The number of anilines is 1. The van der Waals surface area contributed by atoms with Crippen LogP contribution in [0.1, 0.15) is 44.5 Å². The zero-order valence-electron chi connectivity index (χ0n) is 13.2. The van der Waals surface area contributed by atoms with Gasteiger partial charge in [0.25, 0.3) is 5.91 Å². The molecule has 21 heavy (non-hydrogen) atoms. The van der Waals surface area contributed by atoms with Crippen molar-refractivity contribution in [1.29, 1.82) is 0 Å². The van der Waals surface area contributed by atoms with Crippen molar-refractivity contribution in [3.05, 3.63) is 22.8 Å². The molecule has 2 rings (SSSR count). The first-order valence-electron chi connectivity index (χ1n) is 7.64. The molecule has 1 N–H and O–H groups in total. The highest BCUT2D eigenvalue weighted by molar-refractivity contribution is 6.29. The maximum Gasteiger partial charge on any atom is 0.254 e. The average molecular weight is 310 g/mol. The van der Waals surface area contributed by atoms with Gasteiger partial charge in [-0.25, -0.2) is 4.98 Å². The molecule has 0 bridgehead atoms. The molecule has 1 fully saturated rings. The van der Waals surface area contributed by atoms with Crippen LogP contribution in [0.2, 0.25) is 5.15 Å². The third-order valence-corrected chi connectivity index (χ3v) is 4.45. The van der Waals surface area contributed by atoms with E-state index in [1.807, 2.05) is 11.8 Å². The first-order chi connectivity index (χ1) is 9.92. The summed E-state index contributed by atoms with van der Waals surface area (Å²) in [5, 5.41) is 3.46. The Morgan fingerprint density at radius 3 is 2.81 bits per heavy atom. The molecule has 4 nitrogen and oxygen atoms in total. The van der Waals surface area contributed by atoms with Gasteiger partial charge in [0.1, 0.15) is 11.0 Å². The van der Waals surface area contributed by atoms with Crippen LogP contribution in [0.5, 0.6) is 0 Å². The van der Waals surface area contributed by atoms with Gasteiger partial charge in [0.2, 0.25) is 0 Å². The van der Waals surface area contributed by atoms with Gasteiger partial charge >= 0.3 is 0 Å². The lowest BCUT2D eigenvalue weighted by molar-refractivity contribution is 0.0455. The molecule has 1 aliphatic heterocycles. The van der Waals surface area contributed by atoms with Crippen LogP contribution in [0.25, 0.3) is 0 Å². The molecule has 3 atom stereocenters. The van der Waals surface area contributed by atoms with E-state index >= 15 is 0 Å². The summed E-state index contributed by atoms with van der Waals surface area (Å²) >= 11 is 6.04. The van der Waals surface area contributed by atoms with E-state index in [-0.39, 0.29) is 11.9 Å². The van der Waals surface area contributed by atoms with Crippen molar-refractivity contribution in [1.82, 2.24) is 9.88 Å². The van der Waals surface area contributed by atoms with E-state index in [2.05, 4.69) is 31.1 Å². The molecule has 0 spiro atoms. The van der Waals surface area contributed by atoms with Crippen molar-refractivity contribution in [2.75, 3.05) is 18.4 Å². The summed E-state index contributed by atoms with van der Waals surface area (Å²) in [4.78, 5) is 19.0. The molecule has 3 unspecified atom stereocenters. The minimum Gasteiger partial charge on any atom is -0.370 e. The summed E-state index contributed by atoms with van der Waals surface area (Å²) < 4.78 is 0. The summed E-state index contributed by atoms with van der Waals surface area (Å²) in [6.45, 7) is 10.1. The Hall–Kier alpha value is -1.29. The maximum atomic E-state index is 12.8. The molecule has 0 aliphatic carbocycles. The van der Waals surface area contributed by atoms with Gasteiger partial charge in [0.05, 0.1) is 0 Å². The average Bonchev–Trinajstić information content (AvgIpc) is 2.41. The van der Waals surface area contributed by atoms with E-state index in [1.165, 1.54) is 6.42 Å². The predicted molar refractivity (Wildman–Crippen MR) is 86.9 cm³/mol. The van der Waals surface area contributed by atoms with Gasteiger partial charge in [-0.3, -0.25) is 4.79 Å². The highest BCUT2D eigenvalue weighted by Crippen LogP contribution is 2.28. The Bertz CT molecular complexity index is 520. The Balaban J connectivity index is 2.26. The molecule has 0 saturated carbocycles. The second-order valence-corrected chi connectivity index (χ2v) is 6.50. The van der Waals surface area contributed by atoms with E-state index in [0.717, 1.165) is 13.1 Å². The molecular formula is C16H24ClN3O. The number of likely N-dealkylation sites (tertiary alicyclic amines) is 1. The first kappa shape index (κ1) is 16.1. The van der Waals surface area contributed by atoms with E-state index in [9.17, 15) is 4.79 Å². The second-order valence-electron chi connectivity index (χ2n) is 6.11. The number of piperidine rings is 1. The number of hydrogen-bond donors (Lipinski definition) is 1. The molecule has 116 valence electrons. The van der Waals surface area contributed by atoms with Crippen LogP contribution in [0, 0.1) is 11.8 Å². The van der Waals surface area contributed by atoms with Crippen LogP contribution in [0.3, 0.4) is 0 Å². The smallest absolute Gasteiger partial charge is 0.254 e. The van der Waals surface area contributed by atoms with Crippen molar-refractivity contribution in [3.8, 4) is 0 Å². The minimum atomic E-state index is 0.0457. The molecule has 1 aromatic rings. The molecule has 1 amide bonds. The third kappa shape index (κ3) is 3.67. The molecule has 1 aliphatic rings. The summed E-state index contributed by atoms with van der Waals surface area (Å²) in [6, 6.07) is 3.69. The van der Waals surface area contributed by atoms with Gasteiger partial charge in [-0.05, 0) is 44.2 Å². The molecule has 0 radical (unpaired) electrons. The number of hydrogen-bond acceptors (Lipinski definition) is 3. The molecular weight excluding hydrogens is 286 g/mol. The Morgan fingerprint density at radius 2 is 2.14 bits per heavy atom. The topological polar surface area (TPSA) is 45.2 Å². The summed E-state index contributed by atoms with van der Waals surface area (Å²) in [5.41, 5.74) is 0.610. The van der Waals surface area contributed by atoms with Crippen molar-refractivity contribution in [2.45, 2.75) is 40.2 Å². The van der Waals surface area contributed by atoms with Gasteiger partial charge in [0, 0.05) is 24.7 Å². The lowest BCUT2D eigenvalue weighted by atomic mass is 9.85.